The minimum absolute atomic E-state index is 0.0634. The Kier molecular flexibility index (Phi) is 4.07. The molecule has 2 aromatic rings. The van der Waals surface area contributed by atoms with E-state index in [1.54, 1.807) is 16.2 Å². The zero-order chi connectivity index (χ0) is 14.1. The molecule has 2 nitrogen and oxygen atoms in total. The van der Waals surface area contributed by atoms with Crippen LogP contribution in [0.5, 0.6) is 0 Å². The van der Waals surface area contributed by atoms with E-state index in [9.17, 15) is 4.79 Å². The Morgan fingerprint density at radius 2 is 2.10 bits per heavy atom. The summed E-state index contributed by atoms with van der Waals surface area (Å²) < 4.78 is 1.49. The van der Waals surface area contributed by atoms with Crippen LogP contribution < -0.4 is 4.90 Å². The van der Waals surface area contributed by atoms with Gasteiger partial charge in [0, 0.05) is 9.35 Å². The van der Waals surface area contributed by atoms with Gasteiger partial charge in [-0.05, 0) is 35.7 Å². The first-order chi connectivity index (χ1) is 9.65. The fourth-order valence-corrected chi connectivity index (χ4v) is 4.22. The second-order valence-corrected chi connectivity index (χ2v) is 7.58. The SMILES string of the molecule is O=C1/C(=C/c2cccs2)SC(=S)N1c1cccc(Br)c1. The molecule has 0 spiro atoms. The Morgan fingerprint density at radius 3 is 2.80 bits per heavy atom. The summed E-state index contributed by atoms with van der Waals surface area (Å²) in [7, 11) is 0. The molecule has 0 radical (unpaired) electrons. The largest absolute Gasteiger partial charge is 0.270 e. The maximum absolute atomic E-state index is 12.5. The van der Waals surface area contributed by atoms with Gasteiger partial charge in [-0.2, -0.15) is 0 Å². The first-order valence-electron chi connectivity index (χ1n) is 5.72. The van der Waals surface area contributed by atoms with Crippen LogP contribution in [0.4, 0.5) is 5.69 Å². The van der Waals surface area contributed by atoms with Gasteiger partial charge in [-0.15, -0.1) is 11.3 Å². The van der Waals surface area contributed by atoms with Crippen molar-refractivity contribution in [1.29, 1.82) is 0 Å². The smallest absolute Gasteiger partial charge is 0.268 e. The first-order valence-corrected chi connectivity index (χ1v) is 8.62. The van der Waals surface area contributed by atoms with Gasteiger partial charge in [0.1, 0.15) is 0 Å². The summed E-state index contributed by atoms with van der Waals surface area (Å²) in [6, 6.07) is 11.5. The molecular formula is C14H8BrNOS3. The monoisotopic (exact) mass is 381 g/mol. The highest BCUT2D eigenvalue weighted by molar-refractivity contribution is 9.10. The molecule has 1 aromatic carbocycles. The summed E-state index contributed by atoms with van der Waals surface area (Å²) in [6.45, 7) is 0. The minimum Gasteiger partial charge on any atom is -0.268 e. The Morgan fingerprint density at radius 1 is 1.25 bits per heavy atom. The third kappa shape index (κ3) is 2.74. The number of amides is 1. The number of thiocarbonyl (C=S) groups is 1. The van der Waals surface area contributed by atoms with Crippen molar-refractivity contribution in [2.75, 3.05) is 4.90 Å². The number of nitrogens with zero attached hydrogens (tertiary/aromatic N) is 1. The van der Waals surface area contributed by atoms with E-state index in [0.29, 0.717) is 9.23 Å². The molecule has 0 aliphatic carbocycles. The average molecular weight is 382 g/mol. The molecular weight excluding hydrogens is 374 g/mol. The summed E-state index contributed by atoms with van der Waals surface area (Å²) in [6.07, 6.45) is 1.89. The van der Waals surface area contributed by atoms with E-state index in [-0.39, 0.29) is 5.91 Å². The van der Waals surface area contributed by atoms with E-state index >= 15 is 0 Å². The molecule has 20 heavy (non-hydrogen) atoms. The number of hydrogen-bond donors (Lipinski definition) is 0. The second kappa shape index (κ2) is 5.81. The number of thioether (sulfide) groups is 1. The van der Waals surface area contributed by atoms with Crippen molar-refractivity contribution in [3.05, 3.63) is 56.0 Å². The van der Waals surface area contributed by atoms with Crippen LogP contribution in [-0.4, -0.2) is 10.2 Å². The van der Waals surface area contributed by atoms with Gasteiger partial charge in [-0.25, -0.2) is 0 Å². The van der Waals surface area contributed by atoms with E-state index in [4.69, 9.17) is 12.2 Å². The van der Waals surface area contributed by atoms with Gasteiger partial charge in [-0.1, -0.05) is 52.0 Å². The lowest BCUT2D eigenvalue weighted by Gasteiger charge is -2.14. The van der Waals surface area contributed by atoms with Gasteiger partial charge in [0.2, 0.25) is 0 Å². The summed E-state index contributed by atoms with van der Waals surface area (Å²) in [5.74, 6) is -0.0634. The van der Waals surface area contributed by atoms with Crippen molar-refractivity contribution in [3.8, 4) is 0 Å². The van der Waals surface area contributed by atoms with E-state index in [2.05, 4.69) is 15.9 Å². The molecule has 100 valence electrons. The van der Waals surface area contributed by atoms with Crippen LogP contribution in [0.25, 0.3) is 6.08 Å². The molecule has 0 saturated carbocycles. The van der Waals surface area contributed by atoms with Crippen molar-refractivity contribution < 1.29 is 4.79 Å². The molecule has 1 saturated heterocycles. The van der Waals surface area contributed by atoms with Gasteiger partial charge in [0.05, 0.1) is 10.6 Å². The Balaban J connectivity index is 1.95. The molecule has 0 bridgehead atoms. The van der Waals surface area contributed by atoms with Crippen molar-refractivity contribution in [1.82, 2.24) is 0 Å². The Labute approximate surface area is 138 Å². The van der Waals surface area contributed by atoms with Gasteiger partial charge in [0.25, 0.3) is 5.91 Å². The predicted molar refractivity (Wildman–Crippen MR) is 94.1 cm³/mol. The quantitative estimate of drug-likeness (QED) is 0.543. The van der Waals surface area contributed by atoms with Crippen LogP contribution in [0, 0.1) is 0 Å². The van der Waals surface area contributed by atoms with Crippen LogP contribution in [-0.2, 0) is 4.79 Å². The van der Waals surface area contributed by atoms with Crippen molar-refractivity contribution in [2.24, 2.45) is 0 Å². The van der Waals surface area contributed by atoms with Gasteiger partial charge in [-0.3, -0.25) is 9.69 Å². The van der Waals surface area contributed by atoms with E-state index in [1.165, 1.54) is 11.8 Å². The molecule has 1 aliphatic rings. The molecule has 2 heterocycles. The normalized spacial score (nSPS) is 17.2. The standard InChI is InChI=1S/C14H8BrNOS3/c15-9-3-1-4-10(7-9)16-13(17)12(20-14(16)18)8-11-5-2-6-19-11/h1-8H/b12-8-. The lowest BCUT2D eigenvalue weighted by atomic mass is 10.3. The van der Waals surface area contributed by atoms with Crippen LogP contribution in [0.2, 0.25) is 0 Å². The van der Waals surface area contributed by atoms with Gasteiger partial charge >= 0.3 is 0 Å². The minimum atomic E-state index is -0.0634. The highest BCUT2D eigenvalue weighted by Gasteiger charge is 2.33. The van der Waals surface area contributed by atoms with Crippen LogP contribution in [0.15, 0.2) is 51.2 Å². The molecule has 1 aromatic heterocycles. The van der Waals surface area contributed by atoms with Crippen molar-refractivity contribution in [3.63, 3.8) is 0 Å². The molecule has 3 rings (SSSR count). The average Bonchev–Trinajstić information content (AvgIpc) is 2.99. The van der Waals surface area contributed by atoms with Crippen molar-refractivity contribution in [2.45, 2.75) is 0 Å². The van der Waals surface area contributed by atoms with Gasteiger partial charge < -0.3 is 0 Å². The van der Waals surface area contributed by atoms with Crippen LogP contribution in [0.1, 0.15) is 4.88 Å². The number of hydrogen-bond acceptors (Lipinski definition) is 4. The highest BCUT2D eigenvalue weighted by Crippen LogP contribution is 2.37. The number of carbonyl (C=O) groups is 1. The first kappa shape index (κ1) is 14.0. The van der Waals surface area contributed by atoms with E-state index in [1.807, 2.05) is 47.9 Å². The predicted octanol–water partition coefficient (Wildman–Crippen LogP) is 4.92. The molecule has 1 fully saturated rings. The maximum Gasteiger partial charge on any atom is 0.270 e. The Hall–Kier alpha value is -0.950. The molecule has 0 atom stereocenters. The van der Waals surface area contributed by atoms with Crippen molar-refractivity contribution >= 4 is 73.2 Å². The summed E-state index contributed by atoms with van der Waals surface area (Å²) in [5, 5.41) is 1.99. The summed E-state index contributed by atoms with van der Waals surface area (Å²) in [4.78, 5) is 15.8. The van der Waals surface area contributed by atoms with Gasteiger partial charge in [0.15, 0.2) is 4.32 Å². The highest BCUT2D eigenvalue weighted by atomic mass is 79.9. The topological polar surface area (TPSA) is 20.3 Å². The number of rotatable bonds is 2. The molecule has 1 amide bonds. The lowest BCUT2D eigenvalue weighted by Crippen LogP contribution is -2.27. The molecule has 0 N–H and O–H groups in total. The van der Waals surface area contributed by atoms with Crippen LogP contribution >= 0.6 is 51.2 Å². The van der Waals surface area contributed by atoms with E-state index in [0.717, 1.165) is 15.0 Å². The summed E-state index contributed by atoms with van der Waals surface area (Å²) >= 11 is 11.7. The number of anilines is 1. The zero-order valence-electron chi connectivity index (χ0n) is 10.1. The number of thiophene rings is 1. The molecule has 0 unspecified atom stereocenters. The van der Waals surface area contributed by atoms with E-state index < -0.39 is 0 Å². The lowest BCUT2D eigenvalue weighted by molar-refractivity contribution is -0.113. The maximum atomic E-state index is 12.5. The molecule has 1 aliphatic heterocycles. The Bertz CT molecular complexity index is 709. The second-order valence-electron chi connectivity index (χ2n) is 4.01. The zero-order valence-corrected chi connectivity index (χ0v) is 14.1. The number of halogens is 1. The number of carbonyl (C=O) groups excluding carboxylic acids is 1. The third-order valence-corrected chi connectivity index (χ3v) is 5.29. The summed E-state index contributed by atoms with van der Waals surface area (Å²) in [5.41, 5.74) is 0.788. The van der Waals surface area contributed by atoms with Crippen LogP contribution in [0.3, 0.4) is 0 Å². The third-order valence-electron chi connectivity index (χ3n) is 2.68. The number of benzene rings is 1. The fraction of sp³-hybridized carbons (Fsp3) is 0. The molecule has 6 heteroatoms. The fourth-order valence-electron chi connectivity index (χ4n) is 1.81.